The van der Waals surface area contributed by atoms with Crippen LogP contribution in [0.3, 0.4) is 0 Å². The number of methoxy groups -OCH3 is 1. The van der Waals surface area contributed by atoms with E-state index in [0.717, 1.165) is 11.3 Å². The molecule has 0 saturated carbocycles. The monoisotopic (exact) mass is 408 g/mol. The summed E-state index contributed by atoms with van der Waals surface area (Å²) in [6.45, 7) is 2.65. The number of carbonyl (C=O) groups excluding carboxylic acids is 1. The van der Waals surface area contributed by atoms with Crippen LogP contribution in [0.2, 0.25) is 0 Å². The molecular weight excluding hydrogens is 384 g/mol. The molecule has 0 aliphatic carbocycles. The summed E-state index contributed by atoms with van der Waals surface area (Å²) in [5.74, 6) is 0.515. The van der Waals surface area contributed by atoms with E-state index in [1.807, 2.05) is 31.2 Å². The van der Waals surface area contributed by atoms with E-state index < -0.39 is 10.0 Å². The van der Waals surface area contributed by atoms with Crippen molar-refractivity contribution in [1.82, 2.24) is 9.62 Å². The van der Waals surface area contributed by atoms with Gasteiger partial charge in [0.1, 0.15) is 9.96 Å². The van der Waals surface area contributed by atoms with Gasteiger partial charge in [-0.05, 0) is 37.3 Å². The molecule has 0 bridgehead atoms. The van der Waals surface area contributed by atoms with Crippen LogP contribution in [-0.2, 0) is 14.8 Å². The first kappa shape index (κ1) is 19.9. The Kier molecular flexibility index (Phi) is 6.18. The molecule has 1 aromatic heterocycles. The Labute approximate surface area is 164 Å². The molecule has 0 unspecified atom stereocenters. The summed E-state index contributed by atoms with van der Waals surface area (Å²) in [6.07, 6.45) is 1.05. The minimum absolute atomic E-state index is 0.0402. The lowest BCUT2D eigenvalue weighted by molar-refractivity contribution is -0.126. The maximum Gasteiger partial charge on any atom is 0.252 e. The number of nitrogens with zero attached hydrogens (tertiary/aromatic N) is 1. The summed E-state index contributed by atoms with van der Waals surface area (Å²) in [5.41, 5.74) is 0.922. The van der Waals surface area contributed by atoms with E-state index >= 15 is 0 Å². The summed E-state index contributed by atoms with van der Waals surface area (Å²) in [7, 11) is -1.83. The van der Waals surface area contributed by atoms with Gasteiger partial charge in [0.2, 0.25) is 5.91 Å². The number of benzene rings is 1. The third-order valence-corrected chi connectivity index (χ3v) is 8.15. The van der Waals surface area contributed by atoms with E-state index in [-0.39, 0.29) is 17.9 Å². The Hall–Kier alpha value is -1.90. The van der Waals surface area contributed by atoms with Gasteiger partial charge in [-0.3, -0.25) is 4.79 Å². The molecule has 8 heteroatoms. The van der Waals surface area contributed by atoms with Crippen LogP contribution in [0, 0.1) is 5.92 Å². The van der Waals surface area contributed by atoms with E-state index in [4.69, 9.17) is 4.74 Å². The smallest absolute Gasteiger partial charge is 0.252 e. The fourth-order valence-corrected chi connectivity index (χ4v) is 5.94. The zero-order valence-electron chi connectivity index (χ0n) is 15.4. The third kappa shape index (κ3) is 4.34. The third-order valence-electron chi connectivity index (χ3n) is 4.88. The van der Waals surface area contributed by atoms with Crippen LogP contribution in [0.25, 0.3) is 0 Å². The molecule has 1 saturated heterocycles. The lowest BCUT2D eigenvalue weighted by Gasteiger charge is -2.31. The largest absolute Gasteiger partial charge is 0.496 e. The first-order valence-electron chi connectivity index (χ1n) is 8.90. The molecular formula is C19H24N2O4S2. The van der Waals surface area contributed by atoms with Crippen molar-refractivity contribution in [2.75, 3.05) is 20.2 Å². The second kappa shape index (κ2) is 8.41. The number of ether oxygens (including phenoxy) is 1. The highest BCUT2D eigenvalue weighted by Crippen LogP contribution is 2.28. The minimum atomic E-state index is -3.44. The molecule has 0 radical (unpaired) electrons. The number of sulfonamides is 1. The molecule has 3 rings (SSSR count). The second-order valence-electron chi connectivity index (χ2n) is 6.58. The molecule has 6 nitrogen and oxygen atoms in total. The van der Waals surface area contributed by atoms with Crippen molar-refractivity contribution in [2.24, 2.45) is 5.92 Å². The van der Waals surface area contributed by atoms with Gasteiger partial charge in [0.05, 0.1) is 13.2 Å². The van der Waals surface area contributed by atoms with Crippen LogP contribution in [0.4, 0.5) is 0 Å². The Morgan fingerprint density at radius 2 is 1.93 bits per heavy atom. The van der Waals surface area contributed by atoms with Gasteiger partial charge in [-0.2, -0.15) is 4.31 Å². The molecule has 2 aromatic rings. The lowest BCUT2D eigenvalue weighted by Crippen LogP contribution is -2.43. The molecule has 146 valence electrons. The van der Waals surface area contributed by atoms with Gasteiger partial charge in [-0.1, -0.05) is 24.3 Å². The van der Waals surface area contributed by atoms with Crippen molar-refractivity contribution in [3.05, 3.63) is 47.3 Å². The highest BCUT2D eigenvalue weighted by molar-refractivity contribution is 7.91. The summed E-state index contributed by atoms with van der Waals surface area (Å²) >= 11 is 1.22. The van der Waals surface area contributed by atoms with Gasteiger partial charge in [-0.25, -0.2) is 8.42 Å². The fourth-order valence-electron chi connectivity index (χ4n) is 3.33. The molecule has 1 N–H and O–H groups in total. The van der Waals surface area contributed by atoms with Crippen molar-refractivity contribution >= 4 is 27.3 Å². The summed E-state index contributed by atoms with van der Waals surface area (Å²) < 4.78 is 32.4. The number of para-hydroxylation sites is 1. The topological polar surface area (TPSA) is 75.7 Å². The first-order valence-corrected chi connectivity index (χ1v) is 11.2. The molecule has 0 spiro atoms. The number of hydrogen-bond donors (Lipinski definition) is 1. The standard InChI is InChI=1S/C19H24N2O4S2/c1-14(16-6-3-4-7-17(16)25-2)20-19(22)15-9-11-21(12-10-15)27(23,24)18-8-5-13-26-18/h3-8,13-15H,9-12H2,1-2H3,(H,20,22)/t14-/m1/s1. The quantitative estimate of drug-likeness (QED) is 0.797. The van der Waals surface area contributed by atoms with Crippen LogP contribution in [0.15, 0.2) is 46.0 Å². The fraction of sp³-hybridized carbons (Fsp3) is 0.421. The van der Waals surface area contributed by atoms with Crippen LogP contribution in [0.1, 0.15) is 31.4 Å². The number of rotatable bonds is 6. The van der Waals surface area contributed by atoms with Crippen molar-refractivity contribution in [1.29, 1.82) is 0 Å². The molecule has 27 heavy (non-hydrogen) atoms. The second-order valence-corrected chi connectivity index (χ2v) is 9.70. The molecule has 2 heterocycles. The van der Waals surface area contributed by atoms with E-state index in [9.17, 15) is 13.2 Å². The van der Waals surface area contributed by atoms with E-state index in [1.165, 1.54) is 15.6 Å². The van der Waals surface area contributed by atoms with Crippen molar-refractivity contribution in [2.45, 2.75) is 30.0 Å². The van der Waals surface area contributed by atoms with E-state index in [2.05, 4.69) is 5.32 Å². The summed E-state index contributed by atoms with van der Waals surface area (Å²) in [5, 5.41) is 4.79. The number of piperidine rings is 1. The number of nitrogens with one attached hydrogen (secondary N) is 1. The molecule has 1 amide bonds. The highest BCUT2D eigenvalue weighted by atomic mass is 32.2. The van der Waals surface area contributed by atoms with Gasteiger partial charge >= 0.3 is 0 Å². The summed E-state index contributed by atoms with van der Waals surface area (Å²) in [6, 6.07) is 10.8. The van der Waals surface area contributed by atoms with Gasteiger partial charge in [0, 0.05) is 24.6 Å². The maximum atomic E-state index is 12.6. The Bertz CT molecular complexity index is 873. The Morgan fingerprint density at radius 3 is 2.56 bits per heavy atom. The normalized spacial score (nSPS) is 17.4. The van der Waals surface area contributed by atoms with Gasteiger partial charge in [0.15, 0.2) is 0 Å². The van der Waals surface area contributed by atoms with Gasteiger partial charge < -0.3 is 10.1 Å². The lowest BCUT2D eigenvalue weighted by atomic mass is 9.96. The summed E-state index contributed by atoms with van der Waals surface area (Å²) in [4.78, 5) is 12.6. The number of thiophene rings is 1. The Balaban J connectivity index is 1.59. The van der Waals surface area contributed by atoms with Crippen molar-refractivity contribution in [3.8, 4) is 5.75 Å². The zero-order chi connectivity index (χ0) is 19.4. The van der Waals surface area contributed by atoms with Gasteiger partial charge in [0.25, 0.3) is 10.0 Å². The van der Waals surface area contributed by atoms with Gasteiger partial charge in [-0.15, -0.1) is 11.3 Å². The SMILES string of the molecule is COc1ccccc1[C@@H](C)NC(=O)C1CCN(S(=O)(=O)c2cccs2)CC1. The molecule has 1 aliphatic heterocycles. The highest BCUT2D eigenvalue weighted by Gasteiger charge is 2.33. The molecule has 1 atom stereocenters. The minimum Gasteiger partial charge on any atom is -0.496 e. The predicted molar refractivity (Wildman–Crippen MR) is 105 cm³/mol. The average molecular weight is 409 g/mol. The van der Waals surface area contributed by atoms with Crippen LogP contribution in [-0.4, -0.2) is 38.8 Å². The molecule has 1 fully saturated rings. The van der Waals surface area contributed by atoms with Crippen LogP contribution in [0.5, 0.6) is 5.75 Å². The van der Waals surface area contributed by atoms with Crippen LogP contribution >= 0.6 is 11.3 Å². The number of carbonyl (C=O) groups is 1. The van der Waals surface area contributed by atoms with Crippen LogP contribution < -0.4 is 10.1 Å². The Morgan fingerprint density at radius 1 is 1.22 bits per heavy atom. The van der Waals surface area contributed by atoms with E-state index in [1.54, 1.807) is 24.6 Å². The number of amides is 1. The zero-order valence-corrected chi connectivity index (χ0v) is 17.1. The number of hydrogen-bond acceptors (Lipinski definition) is 5. The van der Waals surface area contributed by atoms with Crippen molar-refractivity contribution < 1.29 is 17.9 Å². The average Bonchev–Trinajstić information content (AvgIpc) is 3.23. The molecule has 1 aromatic carbocycles. The first-order chi connectivity index (χ1) is 12.9. The van der Waals surface area contributed by atoms with Crippen molar-refractivity contribution in [3.63, 3.8) is 0 Å². The maximum absolute atomic E-state index is 12.6. The molecule has 1 aliphatic rings. The van der Waals surface area contributed by atoms with E-state index in [0.29, 0.717) is 30.1 Å². The predicted octanol–water partition coefficient (Wildman–Crippen LogP) is 3.03.